The lowest BCUT2D eigenvalue weighted by Gasteiger charge is -2.36. The summed E-state index contributed by atoms with van der Waals surface area (Å²) in [5, 5.41) is 3.75. The zero-order valence-corrected chi connectivity index (χ0v) is 13.8. The third-order valence-corrected chi connectivity index (χ3v) is 3.99. The molecule has 1 fully saturated rings. The number of ether oxygens (including phenoxy) is 1. The Morgan fingerprint density at radius 3 is 2.14 bits per heavy atom. The SMILES string of the molecule is CCOC(=O)C(=NOC1CCC(C(C)(C)C)CC1)C(C)=O. The van der Waals surface area contributed by atoms with Crippen LogP contribution in [0.3, 0.4) is 0 Å². The van der Waals surface area contributed by atoms with Crippen molar-refractivity contribution in [2.75, 3.05) is 6.61 Å². The highest BCUT2D eigenvalue weighted by Crippen LogP contribution is 2.38. The van der Waals surface area contributed by atoms with E-state index in [1.165, 1.54) is 6.92 Å². The predicted octanol–water partition coefficient (Wildman–Crippen LogP) is 3.12. The van der Waals surface area contributed by atoms with Crippen molar-refractivity contribution in [3.8, 4) is 0 Å². The summed E-state index contributed by atoms with van der Waals surface area (Å²) in [7, 11) is 0. The van der Waals surface area contributed by atoms with Gasteiger partial charge in [-0.3, -0.25) is 4.79 Å². The van der Waals surface area contributed by atoms with Gasteiger partial charge in [0, 0.05) is 6.92 Å². The Labute approximate surface area is 127 Å². The van der Waals surface area contributed by atoms with Crippen LogP contribution >= 0.6 is 0 Å². The molecule has 21 heavy (non-hydrogen) atoms. The Hall–Kier alpha value is -1.39. The molecule has 1 aliphatic carbocycles. The lowest BCUT2D eigenvalue weighted by molar-refractivity contribution is -0.136. The topological polar surface area (TPSA) is 65.0 Å². The monoisotopic (exact) mass is 297 g/mol. The van der Waals surface area contributed by atoms with E-state index in [2.05, 4.69) is 25.9 Å². The van der Waals surface area contributed by atoms with Gasteiger partial charge in [0.2, 0.25) is 5.71 Å². The van der Waals surface area contributed by atoms with Crippen LogP contribution in [0.1, 0.15) is 60.3 Å². The molecule has 0 heterocycles. The van der Waals surface area contributed by atoms with Gasteiger partial charge in [0.25, 0.3) is 0 Å². The van der Waals surface area contributed by atoms with E-state index in [9.17, 15) is 9.59 Å². The van der Waals surface area contributed by atoms with Gasteiger partial charge in [0.1, 0.15) is 6.10 Å². The third-order valence-electron chi connectivity index (χ3n) is 3.99. The molecule has 0 radical (unpaired) electrons. The molecule has 0 aromatic heterocycles. The van der Waals surface area contributed by atoms with Crippen molar-refractivity contribution in [2.45, 2.75) is 66.4 Å². The van der Waals surface area contributed by atoms with Gasteiger partial charge in [-0.2, -0.15) is 0 Å². The van der Waals surface area contributed by atoms with Crippen LogP contribution in [-0.4, -0.2) is 30.2 Å². The van der Waals surface area contributed by atoms with Gasteiger partial charge in [-0.05, 0) is 43.9 Å². The maximum atomic E-state index is 11.6. The first-order valence-corrected chi connectivity index (χ1v) is 7.67. The number of carbonyl (C=O) groups excluding carboxylic acids is 2. The van der Waals surface area contributed by atoms with E-state index in [0.29, 0.717) is 11.3 Å². The summed E-state index contributed by atoms with van der Waals surface area (Å²) in [6.45, 7) is 9.95. The van der Waals surface area contributed by atoms with Crippen LogP contribution in [0.25, 0.3) is 0 Å². The number of ketones is 1. The van der Waals surface area contributed by atoms with E-state index in [-0.39, 0.29) is 18.4 Å². The molecule has 1 rings (SSSR count). The number of rotatable bonds is 5. The molecule has 120 valence electrons. The normalized spacial score (nSPS) is 23.6. The molecule has 1 saturated carbocycles. The molecule has 5 heteroatoms. The lowest BCUT2D eigenvalue weighted by atomic mass is 9.72. The maximum Gasteiger partial charge on any atom is 0.364 e. The average Bonchev–Trinajstić information content (AvgIpc) is 2.38. The highest BCUT2D eigenvalue weighted by molar-refractivity contribution is 6.63. The van der Waals surface area contributed by atoms with Crippen molar-refractivity contribution in [1.29, 1.82) is 0 Å². The zero-order valence-electron chi connectivity index (χ0n) is 13.8. The van der Waals surface area contributed by atoms with Crippen LogP contribution < -0.4 is 0 Å². The molecule has 0 aliphatic heterocycles. The van der Waals surface area contributed by atoms with E-state index < -0.39 is 11.8 Å². The molecule has 0 aromatic carbocycles. The molecule has 0 spiro atoms. The first-order valence-electron chi connectivity index (χ1n) is 7.67. The Balaban J connectivity index is 2.56. The van der Waals surface area contributed by atoms with Crippen LogP contribution in [0.4, 0.5) is 0 Å². The van der Waals surface area contributed by atoms with Crippen molar-refractivity contribution in [1.82, 2.24) is 0 Å². The molecule has 0 saturated heterocycles. The van der Waals surface area contributed by atoms with Gasteiger partial charge >= 0.3 is 5.97 Å². The summed E-state index contributed by atoms with van der Waals surface area (Å²) in [4.78, 5) is 28.4. The standard InChI is InChI=1S/C16H27NO4/c1-6-20-15(19)14(11(2)18)17-21-13-9-7-12(8-10-13)16(3,4)5/h12-13H,6-10H2,1-5H3. The van der Waals surface area contributed by atoms with Crippen molar-refractivity contribution in [3.63, 3.8) is 0 Å². The van der Waals surface area contributed by atoms with Crippen LogP contribution in [0, 0.1) is 11.3 Å². The van der Waals surface area contributed by atoms with Crippen molar-refractivity contribution in [2.24, 2.45) is 16.5 Å². The third kappa shape index (κ3) is 5.48. The second kappa shape index (κ2) is 7.57. The Morgan fingerprint density at radius 2 is 1.71 bits per heavy atom. The minimum atomic E-state index is -0.714. The number of oxime groups is 1. The average molecular weight is 297 g/mol. The maximum absolute atomic E-state index is 11.6. The Bertz CT molecular complexity index is 401. The minimum absolute atomic E-state index is 0.0209. The summed E-state index contributed by atoms with van der Waals surface area (Å²) in [5.41, 5.74) is 0.0544. The first-order chi connectivity index (χ1) is 9.75. The fourth-order valence-corrected chi connectivity index (χ4v) is 2.61. The van der Waals surface area contributed by atoms with E-state index in [4.69, 9.17) is 9.57 Å². The largest absolute Gasteiger partial charge is 0.461 e. The van der Waals surface area contributed by atoms with Crippen LogP contribution in [-0.2, 0) is 19.2 Å². The van der Waals surface area contributed by atoms with Crippen molar-refractivity contribution < 1.29 is 19.2 Å². The number of hydrogen-bond donors (Lipinski definition) is 0. The minimum Gasteiger partial charge on any atom is -0.461 e. The fourth-order valence-electron chi connectivity index (χ4n) is 2.61. The summed E-state index contributed by atoms with van der Waals surface area (Å²) < 4.78 is 4.80. The summed E-state index contributed by atoms with van der Waals surface area (Å²) >= 11 is 0. The zero-order chi connectivity index (χ0) is 16.0. The Morgan fingerprint density at radius 1 is 1.14 bits per heavy atom. The molecule has 5 nitrogen and oxygen atoms in total. The highest BCUT2D eigenvalue weighted by Gasteiger charge is 2.31. The number of hydrogen-bond acceptors (Lipinski definition) is 5. The molecule has 0 aromatic rings. The van der Waals surface area contributed by atoms with E-state index >= 15 is 0 Å². The molecule has 0 amide bonds. The van der Waals surface area contributed by atoms with Crippen LogP contribution in [0.5, 0.6) is 0 Å². The highest BCUT2D eigenvalue weighted by atomic mass is 16.6. The van der Waals surface area contributed by atoms with Gasteiger partial charge in [-0.25, -0.2) is 4.79 Å². The second-order valence-electron chi connectivity index (χ2n) is 6.66. The number of carbonyl (C=O) groups is 2. The van der Waals surface area contributed by atoms with E-state index in [1.54, 1.807) is 6.92 Å². The van der Waals surface area contributed by atoms with E-state index in [0.717, 1.165) is 25.7 Å². The summed E-state index contributed by atoms with van der Waals surface area (Å²) in [5.74, 6) is -0.469. The van der Waals surface area contributed by atoms with Gasteiger partial charge in [-0.15, -0.1) is 0 Å². The molecule has 0 unspecified atom stereocenters. The molecule has 0 N–H and O–H groups in total. The smallest absolute Gasteiger partial charge is 0.364 e. The molecule has 1 aliphatic rings. The van der Waals surface area contributed by atoms with Crippen LogP contribution in [0.15, 0.2) is 5.16 Å². The molecular formula is C16H27NO4. The summed E-state index contributed by atoms with van der Waals surface area (Å²) in [6.07, 6.45) is 3.95. The lowest BCUT2D eigenvalue weighted by Crippen LogP contribution is -2.30. The van der Waals surface area contributed by atoms with Crippen molar-refractivity contribution in [3.05, 3.63) is 0 Å². The number of esters is 1. The van der Waals surface area contributed by atoms with Gasteiger partial charge < -0.3 is 9.57 Å². The number of nitrogens with zero attached hydrogens (tertiary/aromatic N) is 1. The predicted molar refractivity (Wildman–Crippen MR) is 81.0 cm³/mol. The van der Waals surface area contributed by atoms with Gasteiger partial charge in [0.05, 0.1) is 6.61 Å². The van der Waals surface area contributed by atoms with Gasteiger partial charge in [-0.1, -0.05) is 25.9 Å². The quantitative estimate of drug-likeness (QED) is 0.338. The van der Waals surface area contributed by atoms with E-state index in [1.807, 2.05) is 0 Å². The molecule has 0 atom stereocenters. The first kappa shape index (κ1) is 17.7. The second-order valence-corrected chi connectivity index (χ2v) is 6.66. The molecular weight excluding hydrogens is 270 g/mol. The van der Waals surface area contributed by atoms with Crippen LogP contribution in [0.2, 0.25) is 0 Å². The molecule has 0 bridgehead atoms. The number of Topliss-reactive ketones (excluding diaryl/α,β-unsaturated/α-hetero) is 1. The summed E-state index contributed by atoms with van der Waals surface area (Å²) in [6, 6.07) is 0. The van der Waals surface area contributed by atoms with Gasteiger partial charge in [0.15, 0.2) is 5.78 Å². The fraction of sp³-hybridized carbons (Fsp3) is 0.812. The Kier molecular flexibility index (Phi) is 6.37. The van der Waals surface area contributed by atoms with Crippen molar-refractivity contribution >= 4 is 17.5 Å².